The summed E-state index contributed by atoms with van der Waals surface area (Å²) in [5.41, 5.74) is 3.03. The van der Waals surface area contributed by atoms with Gasteiger partial charge in [0, 0.05) is 36.3 Å². The number of aromatic nitrogens is 2. The molecule has 1 aromatic heterocycles. The number of halogens is 1. The number of nitrogens with one attached hydrogen (secondary N) is 1. The van der Waals surface area contributed by atoms with Crippen LogP contribution in [0.15, 0.2) is 83.9 Å². The number of carbonyl (C=O) groups excluding carboxylic acids is 1. The maximum absolute atomic E-state index is 12.8. The molecule has 0 atom stereocenters. The van der Waals surface area contributed by atoms with Gasteiger partial charge in [-0.2, -0.15) is 0 Å². The summed E-state index contributed by atoms with van der Waals surface area (Å²) in [5.74, 6) is -0.0910. The predicted molar refractivity (Wildman–Crippen MR) is 135 cm³/mol. The third kappa shape index (κ3) is 4.88. The minimum atomic E-state index is -0.131. The van der Waals surface area contributed by atoms with Crippen molar-refractivity contribution in [2.24, 2.45) is 0 Å². The van der Waals surface area contributed by atoms with E-state index >= 15 is 0 Å². The van der Waals surface area contributed by atoms with Crippen LogP contribution >= 0.6 is 11.6 Å². The van der Waals surface area contributed by atoms with Crippen LogP contribution in [-0.2, 0) is 6.54 Å². The molecule has 0 aliphatic carbocycles. The van der Waals surface area contributed by atoms with E-state index in [2.05, 4.69) is 27.3 Å². The van der Waals surface area contributed by atoms with E-state index < -0.39 is 0 Å². The first-order chi connectivity index (χ1) is 16.6. The molecule has 1 N–H and O–H groups in total. The van der Waals surface area contributed by atoms with E-state index in [9.17, 15) is 9.59 Å². The smallest absolute Gasteiger partial charge is 0.265 e. The zero-order chi connectivity index (χ0) is 23.5. The van der Waals surface area contributed by atoms with Crippen LogP contribution in [0.1, 0.15) is 28.8 Å². The Bertz CT molecular complexity index is 1360. The van der Waals surface area contributed by atoms with Crippen LogP contribution in [0, 0.1) is 0 Å². The SMILES string of the molecule is O=C(NC1CCN(Cc2ccc(Cl)cc2)CC1)c1ccc(-n2cnc3ccccc3c2=O)cc1. The van der Waals surface area contributed by atoms with E-state index in [-0.39, 0.29) is 17.5 Å². The number of rotatable bonds is 5. The van der Waals surface area contributed by atoms with Crippen LogP contribution in [0.4, 0.5) is 0 Å². The molecule has 3 aromatic carbocycles. The van der Waals surface area contributed by atoms with Gasteiger partial charge in [-0.15, -0.1) is 0 Å². The molecule has 2 heterocycles. The topological polar surface area (TPSA) is 67.2 Å². The Morgan fingerprint density at radius 2 is 1.68 bits per heavy atom. The van der Waals surface area contributed by atoms with Gasteiger partial charge in [0.15, 0.2) is 0 Å². The normalized spacial score (nSPS) is 14.9. The summed E-state index contributed by atoms with van der Waals surface area (Å²) in [6, 6.07) is 22.4. The number of para-hydroxylation sites is 1. The van der Waals surface area contributed by atoms with Crippen molar-refractivity contribution in [3.05, 3.63) is 106 Å². The number of fused-ring (bicyclic) bond motifs is 1. The fraction of sp³-hybridized carbons (Fsp3) is 0.222. The van der Waals surface area contributed by atoms with Gasteiger partial charge >= 0.3 is 0 Å². The van der Waals surface area contributed by atoms with Gasteiger partial charge in [-0.3, -0.25) is 19.1 Å². The Kier molecular flexibility index (Phi) is 6.43. The molecule has 5 rings (SSSR count). The summed E-state index contributed by atoms with van der Waals surface area (Å²) in [6.07, 6.45) is 3.35. The number of nitrogens with zero attached hydrogens (tertiary/aromatic N) is 3. The van der Waals surface area contributed by atoms with Crippen molar-refractivity contribution in [1.82, 2.24) is 19.8 Å². The molecule has 0 spiro atoms. The van der Waals surface area contributed by atoms with Crippen LogP contribution in [0.3, 0.4) is 0 Å². The summed E-state index contributed by atoms with van der Waals surface area (Å²) in [4.78, 5) is 32.4. The first-order valence-corrected chi connectivity index (χ1v) is 11.8. The molecule has 0 radical (unpaired) electrons. The Hall–Kier alpha value is -3.48. The molecule has 0 bridgehead atoms. The summed E-state index contributed by atoms with van der Waals surface area (Å²) in [6.45, 7) is 2.76. The molecule has 1 aliphatic rings. The van der Waals surface area contributed by atoms with Crippen LogP contribution in [0.5, 0.6) is 0 Å². The molecule has 34 heavy (non-hydrogen) atoms. The van der Waals surface area contributed by atoms with Crippen LogP contribution < -0.4 is 10.9 Å². The Balaban J connectivity index is 1.19. The van der Waals surface area contributed by atoms with E-state index in [0.29, 0.717) is 22.2 Å². The maximum atomic E-state index is 12.8. The lowest BCUT2D eigenvalue weighted by Gasteiger charge is -2.32. The monoisotopic (exact) mass is 472 g/mol. The van der Waals surface area contributed by atoms with E-state index in [1.165, 1.54) is 16.5 Å². The minimum Gasteiger partial charge on any atom is -0.349 e. The molecule has 0 unspecified atom stereocenters. The second-order valence-corrected chi connectivity index (χ2v) is 9.07. The zero-order valence-corrected chi connectivity index (χ0v) is 19.4. The molecule has 7 heteroatoms. The highest BCUT2D eigenvalue weighted by Gasteiger charge is 2.21. The molecular formula is C27H25ClN4O2. The second-order valence-electron chi connectivity index (χ2n) is 8.63. The van der Waals surface area contributed by atoms with E-state index in [0.717, 1.165) is 37.5 Å². The fourth-order valence-corrected chi connectivity index (χ4v) is 4.50. The van der Waals surface area contributed by atoms with Crippen LogP contribution in [-0.4, -0.2) is 39.5 Å². The highest BCUT2D eigenvalue weighted by Crippen LogP contribution is 2.17. The van der Waals surface area contributed by atoms with E-state index in [4.69, 9.17) is 11.6 Å². The average Bonchev–Trinajstić information content (AvgIpc) is 2.87. The summed E-state index contributed by atoms with van der Waals surface area (Å²) < 4.78 is 1.50. The zero-order valence-electron chi connectivity index (χ0n) is 18.7. The van der Waals surface area contributed by atoms with Crippen molar-refractivity contribution in [2.75, 3.05) is 13.1 Å². The number of hydrogen-bond donors (Lipinski definition) is 1. The molecule has 1 aliphatic heterocycles. The Labute approximate surface area is 202 Å². The number of piperidine rings is 1. The molecule has 1 fully saturated rings. The van der Waals surface area contributed by atoms with Gasteiger partial charge < -0.3 is 5.32 Å². The minimum absolute atomic E-state index is 0.0910. The third-order valence-electron chi connectivity index (χ3n) is 6.32. The molecule has 0 saturated carbocycles. The van der Waals surface area contributed by atoms with Crippen molar-refractivity contribution in [3.8, 4) is 5.69 Å². The van der Waals surface area contributed by atoms with Crippen molar-refractivity contribution >= 4 is 28.4 Å². The van der Waals surface area contributed by atoms with Crippen molar-refractivity contribution in [1.29, 1.82) is 0 Å². The summed E-state index contributed by atoms with van der Waals surface area (Å²) in [7, 11) is 0. The third-order valence-corrected chi connectivity index (χ3v) is 6.57. The lowest BCUT2D eigenvalue weighted by molar-refractivity contribution is 0.0909. The van der Waals surface area contributed by atoms with Crippen LogP contribution in [0.2, 0.25) is 5.02 Å². The van der Waals surface area contributed by atoms with E-state index in [1.807, 2.05) is 30.3 Å². The number of benzene rings is 3. The van der Waals surface area contributed by atoms with Gasteiger partial charge in [0.05, 0.1) is 16.6 Å². The molecule has 172 valence electrons. The Morgan fingerprint density at radius 1 is 0.971 bits per heavy atom. The number of carbonyl (C=O) groups is 1. The fourth-order valence-electron chi connectivity index (χ4n) is 4.38. The largest absolute Gasteiger partial charge is 0.349 e. The maximum Gasteiger partial charge on any atom is 0.265 e. The summed E-state index contributed by atoms with van der Waals surface area (Å²) >= 11 is 5.97. The number of amides is 1. The summed E-state index contributed by atoms with van der Waals surface area (Å²) in [5, 5.41) is 4.47. The lowest BCUT2D eigenvalue weighted by atomic mass is 10.0. The first kappa shape index (κ1) is 22.3. The van der Waals surface area contributed by atoms with Crippen LogP contribution in [0.25, 0.3) is 16.6 Å². The molecule has 6 nitrogen and oxygen atoms in total. The van der Waals surface area contributed by atoms with Gasteiger partial charge in [0.1, 0.15) is 6.33 Å². The van der Waals surface area contributed by atoms with Crippen molar-refractivity contribution in [2.45, 2.75) is 25.4 Å². The Morgan fingerprint density at radius 3 is 2.41 bits per heavy atom. The van der Waals surface area contributed by atoms with E-state index in [1.54, 1.807) is 30.3 Å². The molecular weight excluding hydrogens is 448 g/mol. The van der Waals surface area contributed by atoms with Gasteiger partial charge in [-0.1, -0.05) is 35.9 Å². The van der Waals surface area contributed by atoms with Gasteiger partial charge in [0.25, 0.3) is 11.5 Å². The second kappa shape index (κ2) is 9.79. The van der Waals surface area contributed by atoms with Crippen molar-refractivity contribution in [3.63, 3.8) is 0 Å². The first-order valence-electron chi connectivity index (χ1n) is 11.4. The molecule has 1 amide bonds. The lowest BCUT2D eigenvalue weighted by Crippen LogP contribution is -2.44. The molecule has 1 saturated heterocycles. The number of likely N-dealkylation sites (tertiary alicyclic amines) is 1. The predicted octanol–water partition coefficient (Wildman–Crippen LogP) is 4.43. The quantitative estimate of drug-likeness (QED) is 0.466. The van der Waals surface area contributed by atoms with Gasteiger partial charge in [-0.05, 0) is 66.9 Å². The van der Waals surface area contributed by atoms with Gasteiger partial charge in [-0.25, -0.2) is 4.98 Å². The number of hydrogen-bond acceptors (Lipinski definition) is 4. The van der Waals surface area contributed by atoms with Crippen molar-refractivity contribution < 1.29 is 4.79 Å². The average molecular weight is 473 g/mol. The highest BCUT2D eigenvalue weighted by atomic mass is 35.5. The highest BCUT2D eigenvalue weighted by molar-refractivity contribution is 6.30. The standard InChI is InChI=1S/C27H25ClN4O2/c28-21-9-5-19(6-10-21)17-31-15-13-22(14-16-31)30-26(33)20-7-11-23(12-8-20)32-18-29-25-4-2-1-3-24(25)27(32)34/h1-12,18,22H,13-17H2,(H,30,33). The molecule has 4 aromatic rings. The van der Waals surface area contributed by atoms with Gasteiger partial charge in [0.2, 0.25) is 0 Å².